The van der Waals surface area contributed by atoms with E-state index in [2.05, 4.69) is 12.2 Å². The Morgan fingerprint density at radius 1 is 1.25 bits per heavy atom. The standard InChI is InChI=1S/C14H29NO/c1-3-8-14(15-11-7-12-16-2)13-9-5-4-6-10-13/h13-15H,3-12H2,1-2H3. The summed E-state index contributed by atoms with van der Waals surface area (Å²) in [5.74, 6) is 0.941. The summed E-state index contributed by atoms with van der Waals surface area (Å²) in [5.41, 5.74) is 0. The highest BCUT2D eigenvalue weighted by Gasteiger charge is 2.22. The third-order valence-electron chi connectivity index (χ3n) is 3.75. The van der Waals surface area contributed by atoms with Gasteiger partial charge in [0, 0.05) is 19.8 Å². The van der Waals surface area contributed by atoms with Crippen molar-refractivity contribution >= 4 is 0 Å². The predicted molar refractivity (Wildman–Crippen MR) is 69.8 cm³/mol. The molecule has 0 heterocycles. The van der Waals surface area contributed by atoms with Gasteiger partial charge in [0.2, 0.25) is 0 Å². The van der Waals surface area contributed by atoms with Crippen molar-refractivity contribution < 1.29 is 4.74 Å². The Hall–Kier alpha value is -0.0800. The van der Waals surface area contributed by atoms with Gasteiger partial charge in [-0.15, -0.1) is 0 Å². The van der Waals surface area contributed by atoms with Crippen molar-refractivity contribution in [2.24, 2.45) is 5.92 Å². The van der Waals surface area contributed by atoms with Crippen LogP contribution in [0.2, 0.25) is 0 Å². The first-order valence-electron chi connectivity index (χ1n) is 7.10. The molecule has 16 heavy (non-hydrogen) atoms. The lowest BCUT2D eigenvalue weighted by molar-refractivity contribution is 0.188. The van der Waals surface area contributed by atoms with Crippen LogP contribution in [0.3, 0.4) is 0 Å². The average molecular weight is 227 g/mol. The van der Waals surface area contributed by atoms with Crippen LogP contribution in [0.1, 0.15) is 58.3 Å². The van der Waals surface area contributed by atoms with Crippen LogP contribution < -0.4 is 5.32 Å². The summed E-state index contributed by atoms with van der Waals surface area (Å²) >= 11 is 0. The van der Waals surface area contributed by atoms with E-state index in [9.17, 15) is 0 Å². The Balaban J connectivity index is 2.22. The molecule has 1 unspecified atom stereocenters. The highest BCUT2D eigenvalue weighted by Crippen LogP contribution is 2.28. The molecule has 0 aromatic carbocycles. The van der Waals surface area contributed by atoms with Gasteiger partial charge in [-0.25, -0.2) is 0 Å². The third kappa shape index (κ3) is 5.31. The highest BCUT2D eigenvalue weighted by atomic mass is 16.5. The molecule has 0 amide bonds. The molecule has 0 saturated heterocycles. The van der Waals surface area contributed by atoms with Crippen LogP contribution in [0.5, 0.6) is 0 Å². The van der Waals surface area contributed by atoms with Gasteiger partial charge in [0.15, 0.2) is 0 Å². The lowest BCUT2D eigenvalue weighted by Gasteiger charge is -2.31. The molecule has 1 rings (SSSR count). The molecule has 0 aromatic rings. The first kappa shape index (κ1) is 14.0. The Labute approximate surface area is 101 Å². The van der Waals surface area contributed by atoms with Crippen LogP contribution in [0.15, 0.2) is 0 Å². The molecule has 2 heteroatoms. The fourth-order valence-electron chi connectivity index (χ4n) is 2.86. The van der Waals surface area contributed by atoms with Crippen LogP contribution in [-0.4, -0.2) is 26.3 Å². The number of methoxy groups -OCH3 is 1. The number of nitrogens with one attached hydrogen (secondary N) is 1. The van der Waals surface area contributed by atoms with E-state index >= 15 is 0 Å². The molecule has 0 spiro atoms. The van der Waals surface area contributed by atoms with Gasteiger partial charge in [-0.3, -0.25) is 0 Å². The van der Waals surface area contributed by atoms with Crippen LogP contribution in [0, 0.1) is 5.92 Å². The number of hydrogen-bond donors (Lipinski definition) is 1. The lowest BCUT2D eigenvalue weighted by atomic mass is 9.82. The van der Waals surface area contributed by atoms with Gasteiger partial charge in [0.1, 0.15) is 0 Å². The quantitative estimate of drug-likeness (QED) is 0.642. The maximum atomic E-state index is 5.09. The topological polar surface area (TPSA) is 21.3 Å². The average Bonchev–Trinajstić information content (AvgIpc) is 2.34. The fourth-order valence-corrected chi connectivity index (χ4v) is 2.86. The van der Waals surface area contributed by atoms with Gasteiger partial charge in [-0.2, -0.15) is 0 Å². The molecule has 1 fully saturated rings. The van der Waals surface area contributed by atoms with Gasteiger partial charge < -0.3 is 10.1 Å². The molecular formula is C14H29NO. The zero-order valence-corrected chi connectivity index (χ0v) is 11.1. The van der Waals surface area contributed by atoms with Gasteiger partial charge in [-0.1, -0.05) is 32.6 Å². The molecule has 1 aliphatic rings. The van der Waals surface area contributed by atoms with E-state index in [4.69, 9.17) is 4.74 Å². The van der Waals surface area contributed by atoms with Gasteiger partial charge >= 0.3 is 0 Å². The predicted octanol–water partition coefficient (Wildman–Crippen LogP) is 3.36. The Bertz CT molecular complexity index is 155. The minimum atomic E-state index is 0.766. The van der Waals surface area contributed by atoms with E-state index in [1.54, 1.807) is 7.11 Å². The minimum absolute atomic E-state index is 0.766. The zero-order valence-electron chi connectivity index (χ0n) is 11.1. The molecule has 1 aliphatic carbocycles. The van der Waals surface area contributed by atoms with Crippen molar-refractivity contribution in [2.75, 3.05) is 20.3 Å². The Kier molecular flexibility index (Phi) is 7.87. The molecule has 0 aromatic heterocycles. The van der Waals surface area contributed by atoms with Crippen LogP contribution in [0.4, 0.5) is 0 Å². The second-order valence-corrected chi connectivity index (χ2v) is 5.09. The minimum Gasteiger partial charge on any atom is -0.385 e. The van der Waals surface area contributed by atoms with Gasteiger partial charge in [-0.05, 0) is 38.1 Å². The summed E-state index contributed by atoms with van der Waals surface area (Å²) in [6, 6.07) is 0.766. The number of rotatable bonds is 8. The van der Waals surface area contributed by atoms with Crippen molar-refractivity contribution in [3.05, 3.63) is 0 Å². The maximum Gasteiger partial charge on any atom is 0.0474 e. The van der Waals surface area contributed by atoms with Gasteiger partial charge in [0.05, 0.1) is 0 Å². The molecule has 1 saturated carbocycles. The SMILES string of the molecule is CCCC(NCCCOC)C1CCCCC1. The summed E-state index contributed by atoms with van der Waals surface area (Å²) in [7, 11) is 1.78. The normalized spacial score (nSPS) is 19.9. The maximum absolute atomic E-state index is 5.09. The van der Waals surface area contributed by atoms with Crippen molar-refractivity contribution in [2.45, 2.75) is 64.3 Å². The van der Waals surface area contributed by atoms with Crippen molar-refractivity contribution in [3.63, 3.8) is 0 Å². The van der Waals surface area contributed by atoms with Crippen molar-refractivity contribution in [3.8, 4) is 0 Å². The second kappa shape index (κ2) is 9.00. The molecule has 1 N–H and O–H groups in total. The summed E-state index contributed by atoms with van der Waals surface area (Å²) in [5, 5.41) is 3.75. The summed E-state index contributed by atoms with van der Waals surface area (Å²) < 4.78 is 5.09. The fraction of sp³-hybridized carbons (Fsp3) is 1.00. The Morgan fingerprint density at radius 2 is 2.00 bits per heavy atom. The first-order chi connectivity index (χ1) is 7.88. The molecule has 0 aliphatic heterocycles. The summed E-state index contributed by atoms with van der Waals surface area (Å²) in [6.45, 7) is 4.30. The number of ether oxygens (including phenoxy) is 1. The molecule has 0 bridgehead atoms. The third-order valence-corrected chi connectivity index (χ3v) is 3.75. The summed E-state index contributed by atoms with van der Waals surface area (Å²) in [4.78, 5) is 0. The van der Waals surface area contributed by atoms with Crippen molar-refractivity contribution in [1.29, 1.82) is 0 Å². The van der Waals surface area contributed by atoms with Gasteiger partial charge in [0.25, 0.3) is 0 Å². The molecule has 96 valence electrons. The Morgan fingerprint density at radius 3 is 2.62 bits per heavy atom. The molecule has 1 atom stereocenters. The van der Waals surface area contributed by atoms with E-state index in [-0.39, 0.29) is 0 Å². The van der Waals surface area contributed by atoms with E-state index < -0.39 is 0 Å². The van der Waals surface area contributed by atoms with Crippen molar-refractivity contribution in [1.82, 2.24) is 5.32 Å². The van der Waals surface area contributed by atoms with Crippen LogP contribution in [-0.2, 0) is 4.74 Å². The highest BCUT2D eigenvalue weighted by molar-refractivity contribution is 4.79. The summed E-state index contributed by atoms with van der Waals surface area (Å²) in [6.07, 6.45) is 11.0. The largest absolute Gasteiger partial charge is 0.385 e. The smallest absolute Gasteiger partial charge is 0.0474 e. The lowest BCUT2D eigenvalue weighted by Crippen LogP contribution is -2.38. The van der Waals surface area contributed by atoms with Crippen LogP contribution >= 0.6 is 0 Å². The second-order valence-electron chi connectivity index (χ2n) is 5.09. The molecule has 0 radical (unpaired) electrons. The van der Waals surface area contributed by atoms with E-state index in [0.29, 0.717) is 0 Å². The molecular weight excluding hydrogens is 198 g/mol. The molecule has 2 nitrogen and oxygen atoms in total. The monoisotopic (exact) mass is 227 g/mol. The zero-order chi connectivity index (χ0) is 11.6. The van der Waals surface area contributed by atoms with E-state index in [1.807, 2.05) is 0 Å². The van der Waals surface area contributed by atoms with Crippen LogP contribution in [0.25, 0.3) is 0 Å². The van der Waals surface area contributed by atoms with E-state index in [0.717, 1.165) is 31.5 Å². The number of hydrogen-bond acceptors (Lipinski definition) is 2. The first-order valence-corrected chi connectivity index (χ1v) is 7.10. The van der Waals surface area contributed by atoms with E-state index in [1.165, 1.54) is 44.9 Å².